The zero-order valence-corrected chi connectivity index (χ0v) is 13.7. The number of hydrogen-bond donors (Lipinski definition) is 1. The van der Waals surface area contributed by atoms with E-state index in [2.05, 4.69) is 21.2 Å². The van der Waals surface area contributed by atoms with Crippen molar-refractivity contribution in [3.05, 3.63) is 34.3 Å². The minimum absolute atomic E-state index is 0. The van der Waals surface area contributed by atoms with Gasteiger partial charge in [-0.05, 0) is 37.6 Å². The molecule has 1 rings (SSSR count). The molecular weight excluding hydrogens is 332 g/mol. The molecule has 1 unspecified atom stereocenters. The number of nitrogens with one attached hydrogen (secondary N) is 1. The van der Waals surface area contributed by atoms with Crippen molar-refractivity contribution in [3.8, 4) is 0 Å². The molecule has 0 saturated heterocycles. The lowest BCUT2D eigenvalue weighted by molar-refractivity contribution is -0.127. The number of halogens is 1. The Morgan fingerprint density at radius 3 is 2.29 bits per heavy atom. The number of nitrogens with zero attached hydrogens (tertiary/aromatic N) is 1. The van der Waals surface area contributed by atoms with Gasteiger partial charge in [0.1, 0.15) is 5.78 Å². The second-order valence-corrected chi connectivity index (χ2v) is 5.88. The number of carbonyl (C=O) groups excluding carboxylic acids is 2. The van der Waals surface area contributed by atoms with Crippen LogP contribution in [-0.4, -0.2) is 43.8 Å². The molecule has 0 fully saturated rings. The van der Waals surface area contributed by atoms with Crippen LogP contribution in [0.1, 0.15) is 32.3 Å². The summed E-state index contributed by atoms with van der Waals surface area (Å²) in [5.74, 6) is 0.0612. The average Bonchev–Trinajstić information content (AvgIpc) is 2.39. The number of carbonyl (C=O) groups is 2. The third kappa shape index (κ3) is 6.87. The van der Waals surface area contributed by atoms with Gasteiger partial charge in [0.05, 0.1) is 6.54 Å². The quantitative estimate of drug-likeness (QED) is 0.764. The van der Waals surface area contributed by atoms with E-state index in [1.54, 1.807) is 25.9 Å². The van der Waals surface area contributed by atoms with Crippen molar-refractivity contribution in [1.82, 2.24) is 10.2 Å². The van der Waals surface area contributed by atoms with Gasteiger partial charge in [0.15, 0.2) is 0 Å². The molecule has 5 heteroatoms. The SMILES string of the molecule is C.CC(=O)C(CCNCC(=O)N(C)C)c1ccc(Br)cc1. The Morgan fingerprint density at radius 2 is 1.81 bits per heavy atom. The average molecular weight is 357 g/mol. The van der Waals surface area contributed by atoms with Crippen molar-refractivity contribution in [1.29, 1.82) is 0 Å². The largest absolute Gasteiger partial charge is 0.348 e. The lowest BCUT2D eigenvalue weighted by Gasteiger charge is -2.15. The first-order valence-electron chi connectivity index (χ1n) is 6.58. The van der Waals surface area contributed by atoms with Crippen LogP contribution in [-0.2, 0) is 9.59 Å². The Hall–Kier alpha value is -1.20. The molecule has 1 aromatic carbocycles. The van der Waals surface area contributed by atoms with Crippen LogP contribution in [0.25, 0.3) is 0 Å². The molecule has 0 radical (unpaired) electrons. The minimum atomic E-state index is -0.120. The van der Waals surface area contributed by atoms with Crippen LogP contribution in [0.15, 0.2) is 28.7 Å². The molecule has 1 amide bonds. The Bertz CT molecular complexity index is 458. The van der Waals surface area contributed by atoms with Crippen molar-refractivity contribution < 1.29 is 9.59 Å². The fourth-order valence-electron chi connectivity index (χ4n) is 1.90. The predicted octanol–water partition coefficient (Wildman–Crippen LogP) is 2.83. The molecule has 21 heavy (non-hydrogen) atoms. The first-order valence-corrected chi connectivity index (χ1v) is 7.38. The molecule has 0 heterocycles. The molecule has 0 saturated carbocycles. The number of ketones is 1. The maximum Gasteiger partial charge on any atom is 0.236 e. The first-order chi connectivity index (χ1) is 9.41. The van der Waals surface area contributed by atoms with Gasteiger partial charge in [-0.25, -0.2) is 0 Å². The van der Waals surface area contributed by atoms with Crippen molar-refractivity contribution in [3.63, 3.8) is 0 Å². The van der Waals surface area contributed by atoms with Crippen LogP contribution in [0.4, 0.5) is 0 Å². The topological polar surface area (TPSA) is 49.4 Å². The van der Waals surface area contributed by atoms with Gasteiger partial charge >= 0.3 is 0 Å². The Kier molecular flexibility index (Phi) is 9.13. The summed E-state index contributed by atoms with van der Waals surface area (Å²) in [7, 11) is 3.45. The molecule has 0 bridgehead atoms. The van der Waals surface area contributed by atoms with E-state index in [0.29, 0.717) is 19.5 Å². The molecule has 0 aliphatic heterocycles. The third-order valence-corrected chi connectivity index (χ3v) is 3.68. The second kappa shape index (κ2) is 9.68. The maximum absolute atomic E-state index is 11.8. The van der Waals surface area contributed by atoms with Crippen molar-refractivity contribution in [2.75, 3.05) is 27.2 Å². The normalized spacial score (nSPS) is 11.4. The highest BCUT2D eigenvalue weighted by atomic mass is 79.9. The number of amides is 1. The molecule has 0 aliphatic carbocycles. The molecular formula is C16H25BrN2O2. The van der Waals surface area contributed by atoms with Gasteiger partial charge in [-0.1, -0.05) is 35.5 Å². The maximum atomic E-state index is 11.8. The zero-order chi connectivity index (χ0) is 15.1. The second-order valence-electron chi connectivity index (χ2n) is 4.97. The summed E-state index contributed by atoms with van der Waals surface area (Å²) in [5, 5.41) is 3.08. The van der Waals surface area contributed by atoms with Gasteiger partial charge < -0.3 is 10.2 Å². The smallest absolute Gasteiger partial charge is 0.236 e. The van der Waals surface area contributed by atoms with E-state index in [-0.39, 0.29) is 25.0 Å². The van der Waals surface area contributed by atoms with Gasteiger partial charge in [-0.15, -0.1) is 0 Å². The molecule has 1 atom stereocenters. The fourth-order valence-corrected chi connectivity index (χ4v) is 2.16. The van der Waals surface area contributed by atoms with Gasteiger partial charge in [-0.3, -0.25) is 9.59 Å². The summed E-state index contributed by atoms with van der Waals surface area (Å²) in [4.78, 5) is 24.7. The van der Waals surface area contributed by atoms with Gasteiger partial charge in [0.25, 0.3) is 0 Å². The number of benzene rings is 1. The predicted molar refractivity (Wildman–Crippen MR) is 90.5 cm³/mol. The Labute approximate surface area is 136 Å². The fraction of sp³-hybridized carbons (Fsp3) is 0.500. The van der Waals surface area contributed by atoms with Crippen molar-refractivity contribution in [2.45, 2.75) is 26.7 Å². The van der Waals surface area contributed by atoms with Crippen molar-refractivity contribution >= 4 is 27.6 Å². The molecule has 1 N–H and O–H groups in total. The molecule has 118 valence electrons. The number of hydrogen-bond acceptors (Lipinski definition) is 3. The van der Waals surface area contributed by atoms with E-state index in [9.17, 15) is 9.59 Å². The first kappa shape index (κ1) is 19.8. The standard InChI is InChI=1S/C15H21BrN2O2.CH4/c1-11(19)14(12-4-6-13(16)7-5-12)8-9-17-10-15(20)18(2)3;/h4-7,14,17H,8-10H2,1-3H3;1H4. The monoisotopic (exact) mass is 356 g/mol. The number of likely N-dealkylation sites (N-methyl/N-ethyl adjacent to an activating group) is 1. The van der Waals surface area contributed by atoms with Crippen LogP contribution in [0.3, 0.4) is 0 Å². The third-order valence-electron chi connectivity index (χ3n) is 3.15. The van der Waals surface area contributed by atoms with Crippen LogP contribution in [0.5, 0.6) is 0 Å². The van der Waals surface area contributed by atoms with Crippen LogP contribution in [0, 0.1) is 0 Å². The Morgan fingerprint density at radius 1 is 1.24 bits per heavy atom. The molecule has 0 spiro atoms. The lowest BCUT2D eigenvalue weighted by atomic mass is 9.92. The van der Waals surface area contributed by atoms with Gasteiger partial charge in [0, 0.05) is 24.5 Å². The highest BCUT2D eigenvalue weighted by Crippen LogP contribution is 2.22. The number of Topliss-reactive ketones (excluding diaryl/α,β-unsaturated/α-hetero) is 1. The van der Waals surface area contributed by atoms with Crippen LogP contribution < -0.4 is 5.32 Å². The number of rotatable bonds is 7. The summed E-state index contributed by atoms with van der Waals surface area (Å²) < 4.78 is 0.998. The summed E-state index contributed by atoms with van der Waals surface area (Å²) in [6.45, 7) is 2.55. The lowest BCUT2D eigenvalue weighted by Crippen LogP contribution is -2.34. The van der Waals surface area contributed by atoms with Crippen molar-refractivity contribution in [2.24, 2.45) is 0 Å². The molecule has 4 nitrogen and oxygen atoms in total. The molecule has 1 aromatic rings. The van der Waals surface area contributed by atoms with E-state index in [4.69, 9.17) is 0 Å². The van der Waals surface area contributed by atoms with E-state index < -0.39 is 0 Å². The summed E-state index contributed by atoms with van der Waals surface area (Å²) >= 11 is 3.39. The van der Waals surface area contributed by atoms with Gasteiger partial charge in [0.2, 0.25) is 5.91 Å². The Balaban J connectivity index is 0.00000400. The summed E-state index contributed by atoms with van der Waals surface area (Å²) in [5.41, 5.74) is 1.02. The molecule has 0 aliphatic rings. The highest BCUT2D eigenvalue weighted by Gasteiger charge is 2.16. The summed E-state index contributed by atoms with van der Waals surface area (Å²) in [6.07, 6.45) is 0.692. The van der Waals surface area contributed by atoms with Crippen LogP contribution >= 0.6 is 15.9 Å². The van der Waals surface area contributed by atoms with E-state index in [1.807, 2.05) is 24.3 Å². The zero-order valence-electron chi connectivity index (χ0n) is 12.1. The van der Waals surface area contributed by atoms with E-state index >= 15 is 0 Å². The summed E-state index contributed by atoms with van der Waals surface area (Å²) in [6, 6.07) is 7.80. The highest BCUT2D eigenvalue weighted by molar-refractivity contribution is 9.10. The van der Waals surface area contributed by atoms with E-state index in [1.165, 1.54) is 0 Å². The van der Waals surface area contributed by atoms with Crippen LogP contribution in [0.2, 0.25) is 0 Å². The van der Waals surface area contributed by atoms with Gasteiger partial charge in [-0.2, -0.15) is 0 Å². The van der Waals surface area contributed by atoms with E-state index in [0.717, 1.165) is 10.0 Å². The minimum Gasteiger partial charge on any atom is -0.348 e. The molecule has 0 aromatic heterocycles.